The Morgan fingerprint density at radius 3 is 2.09 bits per heavy atom. The van der Waals surface area contributed by atoms with Crippen LogP contribution in [0, 0.1) is 5.41 Å². The first-order chi connectivity index (χ1) is 5.17. The number of hydrogen-bond acceptors (Lipinski definition) is 1. The molecule has 2 aliphatic rings. The fourth-order valence-corrected chi connectivity index (χ4v) is 1.93. The molecule has 1 heterocycles. The van der Waals surface area contributed by atoms with Crippen LogP contribution in [0.25, 0.3) is 0 Å². The normalized spacial score (nSPS) is 32.2. The van der Waals surface area contributed by atoms with E-state index in [4.69, 9.17) is 0 Å². The summed E-state index contributed by atoms with van der Waals surface area (Å²) in [6.45, 7) is 7.52. The summed E-state index contributed by atoms with van der Waals surface area (Å²) < 4.78 is 0. The minimum Gasteiger partial charge on any atom is -0.300 e. The number of nitrogens with zero attached hydrogens (tertiary/aromatic N) is 1. The van der Waals surface area contributed by atoms with Gasteiger partial charge in [0, 0.05) is 6.04 Å². The van der Waals surface area contributed by atoms with E-state index >= 15 is 0 Å². The molecule has 1 nitrogen and oxygen atoms in total. The molecule has 1 heteroatoms. The first-order valence-corrected chi connectivity index (χ1v) is 4.91. The lowest BCUT2D eigenvalue weighted by Gasteiger charge is -2.36. The lowest BCUT2D eigenvalue weighted by Crippen LogP contribution is -2.38. The first-order valence-electron chi connectivity index (χ1n) is 4.91. The van der Waals surface area contributed by atoms with E-state index < -0.39 is 0 Å². The van der Waals surface area contributed by atoms with Crippen molar-refractivity contribution in [1.29, 1.82) is 0 Å². The molecule has 11 heavy (non-hydrogen) atoms. The second-order valence-electron chi connectivity index (χ2n) is 4.93. The van der Waals surface area contributed by atoms with Gasteiger partial charge < -0.3 is 4.90 Å². The molecular weight excluding hydrogens is 134 g/mol. The number of rotatable bonds is 1. The van der Waals surface area contributed by atoms with Gasteiger partial charge in [0.05, 0.1) is 0 Å². The van der Waals surface area contributed by atoms with Crippen LogP contribution in [0.5, 0.6) is 0 Å². The van der Waals surface area contributed by atoms with Gasteiger partial charge in [-0.3, -0.25) is 0 Å². The van der Waals surface area contributed by atoms with Crippen molar-refractivity contribution >= 4 is 0 Å². The highest BCUT2D eigenvalue weighted by atomic mass is 15.2. The molecule has 0 unspecified atom stereocenters. The summed E-state index contributed by atoms with van der Waals surface area (Å²) in [4.78, 5) is 2.69. The molecule has 1 saturated heterocycles. The Morgan fingerprint density at radius 1 is 1.09 bits per heavy atom. The molecule has 0 aromatic heterocycles. The zero-order valence-corrected chi connectivity index (χ0v) is 7.77. The van der Waals surface area contributed by atoms with Gasteiger partial charge in [0.25, 0.3) is 0 Å². The Kier molecular flexibility index (Phi) is 1.71. The van der Waals surface area contributed by atoms with Crippen LogP contribution in [0.15, 0.2) is 0 Å². The Labute approximate surface area is 69.8 Å². The SMILES string of the molecule is CC1(C)CCN(C2CC2)CC1. The fourth-order valence-electron chi connectivity index (χ4n) is 1.93. The summed E-state index contributed by atoms with van der Waals surface area (Å²) >= 11 is 0. The van der Waals surface area contributed by atoms with Gasteiger partial charge in [0.1, 0.15) is 0 Å². The van der Waals surface area contributed by atoms with E-state index in [2.05, 4.69) is 18.7 Å². The second-order valence-corrected chi connectivity index (χ2v) is 4.93. The molecule has 0 aromatic carbocycles. The minimum absolute atomic E-state index is 0.630. The van der Waals surface area contributed by atoms with Crippen LogP contribution in [0.1, 0.15) is 39.5 Å². The van der Waals surface area contributed by atoms with Crippen molar-refractivity contribution in [2.45, 2.75) is 45.6 Å². The van der Waals surface area contributed by atoms with Gasteiger partial charge in [-0.15, -0.1) is 0 Å². The van der Waals surface area contributed by atoms with Crippen molar-refractivity contribution in [2.75, 3.05) is 13.1 Å². The van der Waals surface area contributed by atoms with E-state index in [-0.39, 0.29) is 0 Å². The molecule has 1 aliphatic heterocycles. The van der Waals surface area contributed by atoms with Crippen molar-refractivity contribution in [2.24, 2.45) is 5.41 Å². The third-order valence-electron chi connectivity index (χ3n) is 3.21. The highest BCUT2D eigenvalue weighted by Crippen LogP contribution is 2.35. The monoisotopic (exact) mass is 153 g/mol. The van der Waals surface area contributed by atoms with E-state index in [1.165, 1.54) is 38.8 Å². The average Bonchev–Trinajstić information content (AvgIpc) is 2.70. The maximum absolute atomic E-state index is 2.69. The van der Waals surface area contributed by atoms with Crippen molar-refractivity contribution in [1.82, 2.24) is 4.90 Å². The lowest BCUT2D eigenvalue weighted by molar-refractivity contribution is 0.126. The van der Waals surface area contributed by atoms with Crippen molar-refractivity contribution in [3.63, 3.8) is 0 Å². The molecule has 1 saturated carbocycles. The third kappa shape index (κ3) is 1.76. The third-order valence-corrected chi connectivity index (χ3v) is 3.21. The van der Waals surface area contributed by atoms with Crippen LogP contribution in [0.3, 0.4) is 0 Å². The van der Waals surface area contributed by atoms with Crippen LogP contribution in [-0.4, -0.2) is 24.0 Å². The number of piperidine rings is 1. The van der Waals surface area contributed by atoms with Crippen LogP contribution >= 0.6 is 0 Å². The molecule has 0 atom stereocenters. The molecule has 0 aromatic rings. The summed E-state index contributed by atoms with van der Waals surface area (Å²) in [7, 11) is 0. The highest BCUT2D eigenvalue weighted by Gasteiger charge is 2.33. The zero-order valence-electron chi connectivity index (χ0n) is 7.77. The summed E-state index contributed by atoms with van der Waals surface area (Å²) in [6.07, 6.45) is 5.76. The van der Waals surface area contributed by atoms with Crippen molar-refractivity contribution in [3.05, 3.63) is 0 Å². The zero-order chi connectivity index (χ0) is 7.90. The largest absolute Gasteiger partial charge is 0.300 e. The van der Waals surface area contributed by atoms with E-state index in [0.29, 0.717) is 5.41 Å². The quantitative estimate of drug-likeness (QED) is 0.558. The maximum Gasteiger partial charge on any atom is 0.00964 e. The predicted molar refractivity (Wildman–Crippen MR) is 47.6 cm³/mol. The Bertz CT molecular complexity index is 137. The number of likely N-dealkylation sites (tertiary alicyclic amines) is 1. The molecule has 2 rings (SSSR count). The van der Waals surface area contributed by atoms with Crippen LogP contribution < -0.4 is 0 Å². The van der Waals surface area contributed by atoms with Gasteiger partial charge in [-0.2, -0.15) is 0 Å². The lowest BCUT2D eigenvalue weighted by atomic mass is 9.83. The van der Waals surface area contributed by atoms with Crippen LogP contribution in [0.4, 0.5) is 0 Å². The smallest absolute Gasteiger partial charge is 0.00964 e. The minimum atomic E-state index is 0.630. The molecule has 0 N–H and O–H groups in total. The summed E-state index contributed by atoms with van der Waals surface area (Å²) in [5.41, 5.74) is 0.630. The highest BCUT2D eigenvalue weighted by molar-refractivity contribution is 4.89. The average molecular weight is 153 g/mol. The van der Waals surface area contributed by atoms with E-state index in [0.717, 1.165) is 6.04 Å². The first kappa shape index (κ1) is 7.60. The van der Waals surface area contributed by atoms with Crippen molar-refractivity contribution < 1.29 is 0 Å². The van der Waals surface area contributed by atoms with Crippen molar-refractivity contribution in [3.8, 4) is 0 Å². The molecule has 1 aliphatic carbocycles. The molecule has 0 radical (unpaired) electrons. The number of hydrogen-bond donors (Lipinski definition) is 0. The van der Waals surface area contributed by atoms with Crippen LogP contribution in [0.2, 0.25) is 0 Å². The van der Waals surface area contributed by atoms with E-state index in [1.807, 2.05) is 0 Å². The Balaban J connectivity index is 1.84. The van der Waals surface area contributed by atoms with E-state index in [9.17, 15) is 0 Å². The molecule has 0 amide bonds. The van der Waals surface area contributed by atoms with Gasteiger partial charge >= 0.3 is 0 Å². The van der Waals surface area contributed by atoms with Gasteiger partial charge in [-0.1, -0.05) is 13.8 Å². The van der Waals surface area contributed by atoms with Gasteiger partial charge in [0.2, 0.25) is 0 Å². The molecule has 2 fully saturated rings. The Hall–Kier alpha value is -0.0400. The van der Waals surface area contributed by atoms with Gasteiger partial charge in [-0.25, -0.2) is 0 Å². The Morgan fingerprint density at radius 2 is 1.64 bits per heavy atom. The van der Waals surface area contributed by atoms with Gasteiger partial charge in [-0.05, 0) is 44.2 Å². The van der Waals surface area contributed by atoms with E-state index in [1.54, 1.807) is 0 Å². The summed E-state index contributed by atoms with van der Waals surface area (Å²) in [5.74, 6) is 0. The predicted octanol–water partition coefficient (Wildman–Crippen LogP) is 2.27. The van der Waals surface area contributed by atoms with Gasteiger partial charge in [0.15, 0.2) is 0 Å². The molecule has 0 bridgehead atoms. The second kappa shape index (κ2) is 2.48. The summed E-state index contributed by atoms with van der Waals surface area (Å²) in [5, 5.41) is 0. The topological polar surface area (TPSA) is 3.24 Å². The summed E-state index contributed by atoms with van der Waals surface area (Å²) in [6, 6.07) is 0.992. The van der Waals surface area contributed by atoms with Crippen LogP contribution in [-0.2, 0) is 0 Å². The molecule has 0 spiro atoms. The molecular formula is C10H19N. The maximum atomic E-state index is 2.69. The molecule has 64 valence electrons. The standard InChI is InChI=1S/C10H19N/c1-10(2)5-7-11(8-6-10)9-3-4-9/h9H,3-8H2,1-2H3. The fraction of sp³-hybridized carbons (Fsp3) is 1.00.